The fourth-order valence-electron chi connectivity index (χ4n) is 2.41. The first-order chi connectivity index (χ1) is 10.7. The number of aryl methyl sites for hydroxylation is 1. The second-order valence-electron chi connectivity index (χ2n) is 5.18. The van der Waals surface area contributed by atoms with Crippen molar-refractivity contribution >= 4 is 11.5 Å². The lowest BCUT2D eigenvalue weighted by atomic mass is 10.0. The topological polar surface area (TPSA) is 45.2 Å². The standard InChI is InChI=1S/C19H18N2O/c1-14-17(19(22)15-8-4-2-5-9-15)12-13-18(20-14)21-16-10-6-3-7-11-16/h2-13,19,22H,1H3,(H,20,21). The molecule has 0 aliphatic heterocycles. The second-order valence-corrected chi connectivity index (χ2v) is 5.18. The zero-order valence-electron chi connectivity index (χ0n) is 12.4. The Kier molecular flexibility index (Phi) is 4.17. The zero-order chi connectivity index (χ0) is 15.4. The number of para-hydroxylation sites is 1. The van der Waals surface area contributed by atoms with Gasteiger partial charge in [0.1, 0.15) is 11.9 Å². The van der Waals surface area contributed by atoms with Crippen molar-refractivity contribution in [3.8, 4) is 0 Å². The predicted molar refractivity (Wildman–Crippen MR) is 89.2 cm³/mol. The van der Waals surface area contributed by atoms with E-state index < -0.39 is 6.10 Å². The van der Waals surface area contributed by atoms with Gasteiger partial charge < -0.3 is 10.4 Å². The van der Waals surface area contributed by atoms with Crippen LogP contribution in [0.15, 0.2) is 72.8 Å². The molecule has 0 radical (unpaired) electrons. The molecule has 2 N–H and O–H groups in total. The number of benzene rings is 2. The van der Waals surface area contributed by atoms with Crippen LogP contribution in [0.5, 0.6) is 0 Å². The van der Waals surface area contributed by atoms with Crippen molar-refractivity contribution in [2.45, 2.75) is 13.0 Å². The average Bonchev–Trinajstić information content (AvgIpc) is 2.56. The molecule has 0 fully saturated rings. The molecule has 0 saturated carbocycles. The van der Waals surface area contributed by atoms with E-state index in [1.807, 2.05) is 79.7 Å². The van der Waals surface area contributed by atoms with Gasteiger partial charge in [0.15, 0.2) is 0 Å². The summed E-state index contributed by atoms with van der Waals surface area (Å²) < 4.78 is 0. The first-order valence-electron chi connectivity index (χ1n) is 7.26. The van der Waals surface area contributed by atoms with Crippen LogP contribution in [0.2, 0.25) is 0 Å². The Hall–Kier alpha value is -2.65. The highest BCUT2D eigenvalue weighted by atomic mass is 16.3. The summed E-state index contributed by atoms with van der Waals surface area (Å²) >= 11 is 0. The molecule has 0 saturated heterocycles. The Morgan fingerprint density at radius 1 is 0.864 bits per heavy atom. The molecule has 2 aromatic carbocycles. The summed E-state index contributed by atoms with van der Waals surface area (Å²) in [6.45, 7) is 1.91. The van der Waals surface area contributed by atoms with Gasteiger partial charge in [-0.1, -0.05) is 54.6 Å². The normalized spacial score (nSPS) is 11.9. The maximum Gasteiger partial charge on any atom is 0.130 e. The van der Waals surface area contributed by atoms with Gasteiger partial charge in [0, 0.05) is 16.9 Å². The van der Waals surface area contributed by atoms with Crippen molar-refractivity contribution in [2.24, 2.45) is 0 Å². The first kappa shape index (κ1) is 14.3. The molecule has 22 heavy (non-hydrogen) atoms. The lowest BCUT2D eigenvalue weighted by molar-refractivity contribution is 0.219. The minimum atomic E-state index is -0.653. The summed E-state index contributed by atoms with van der Waals surface area (Å²) in [6, 6.07) is 23.3. The summed E-state index contributed by atoms with van der Waals surface area (Å²) in [5.41, 5.74) is 3.50. The third-order valence-corrected chi connectivity index (χ3v) is 3.58. The highest BCUT2D eigenvalue weighted by Crippen LogP contribution is 2.25. The minimum Gasteiger partial charge on any atom is -0.384 e. The van der Waals surface area contributed by atoms with Crippen molar-refractivity contribution in [1.29, 1.82) is 0 Å². The van der Waals surface area contributed by atoms with Crippen LogP contribution in [0.4, 0.5) is 11.5 Å². The molecular formula is C19H18N2O. The van der Waals surface area contributed by atoms with E-state index in [9.17, 15) is 5.11 Å². The molecule has 0 bridgehead atoms. The molecule has 1 atom stereocenters. The Morgan fingerprint density at radius 2 is 1.50 bits per heavy atom. The number of aliphatic hydroxyl groups excluding tert-OH is 1. The Balaban J connectivity index is 1.83. The van der Waals surface area contributed by atoms with Gasteiger partial charge >= 0.3 is 0 Å². The summed E-state index contributed by atoms with van der Waals surface area (Å²) in [7, 11) is 0. The third-order valence-electron chi connectivity index (χ3n) is 3.58. The van der Waals surface area contributed by atoms with Crippen LogP contribution in [0.1, 0.15) is 22.9 Å². The average molecular weight is 290 g/mol. The van der Waals surface area contributed by atoms with Crippen LogP contribution in [0, 0.1) is 6.92 Å². The number of aliphatic hydroxyl groups is 1. The lowest BCUT2D eigenvalue weighted by Crippen LogP contribution is -2.05. The van der Waals surface area contributed by atoms with E-state index in [0.717, 1.165) is 28.3 Å². The maximum absolute atomic E-state index is 10.5. The third kappa shape index (κ3) is 3.15. The van der Waals surface area contributed by atoms with E-state index in [2.05, 4.69) is 10.3 Å². The maximum atomic E-state index is 10.5. The van der Waals surface area contributed by atoms with E-state index >= 15 is 0 Å². The van der Waals surface area contributed by atoms with Gasteiger partial charge in [-0.05, 0) is 30.7 Å². The van der Waals surface area contributed by atoms with E-state index in [0.29, 0.717) is 0 Å². The highest BCUT2D eigenvalue weighted by molar-refractivity contribution is 5.56. The number of nitrogens with zero attached hydrogens (tertiary/aromatic N) is 1. The number of hydrogen-bond donors (Lipinski definition) is 2. The molecule has 1 unspecified atom stereocenters. The molecule has 0 aliphatic carbocycles. The van der Waals surface area contributed by atoms with E-state index in [-0.39, 0.29) is 0 Å². The van der Waals surface area contributed by atoms with E-state index in [1.54, 1.807) is 0 Å². The zero-order valence-corrected chi connectivity index (χ0v) is 12.4. The summed E-state index contributed by atoms with van der Waals surface area (Å²) in [6.07, 6.45) is -0.653. The first-order valence-corrected chi connectivity index (χ1v) is 7.26. The van der Waals surface area contributed by atoms with Crippen molar-refractivity contribution in [3.63, 3.8) is 0 Å². The summed E-state index contributed by atoms with van der Waals surface area (Å²) in [5.74, 6) is 0.771. The summed E-state index contributed by atoms with van der Waals surface area (Å²) in [5, 5.41) is 13.8. The van der Waals surface area contributed by atoms with Gasteiger partial charge in [0.25, 0.3) is 0 Å². The van der Waals surface area contributed by atoms with Crippen LogP contribution < -0.4 is 5.32 Å². The monoisotopic (exact) mass is 290 g/mol. The molecule has 110 valence electrons. The molecule has 1 aromatic heterocycles. The van der Waals surface area contributed by atoms with Gasteiger partial charge in [-0.3, -0.25) is 0 Å². The number of nitrogens with one attached hydrogen (secondary N) is 1. The van der Waals surface area contributed by atoms with E-state index in [4.69, 9.17) is 0 Å². The smallest absolute Gasteiger partial charge is 0.130 e. The number of hydrogen-bond acceptors (Lipinski definition) is 3. The van der Waals surface area contributed by atoms with Crippen LogP contribution in [0.3, 0.4) is 0 Å². The van der Waals surface area contributed by atoms with Crippen LogP contribution >= 0.6 is 0 Å². The van der Waals surface area contributed by atoms with Gasteiger partial charge in [-0.25, -0.2) is 4.98 Å². The van der Waals surface area contributed by atoms with Crippen molar-refractivity contribution < 1.29 is 5.11 Å². The molecule has 3 rings (SSSR count). The molecule has 3 heteroatoms. The number of anilines is 2. The number of pyridine rings is 1. The second kappa shape index (κ2) is 6.41. The largest absolute Gasteiger partial charge is 0.384 e. The minimum absolute atomic E-state index is 0.653. The van der Waals surface area contributed by atoms with Crippen molar-refractivity contribution in [2.75, 3.05) is 5.32 Å². The van der Waals surface area contributed by atoms with Crippen LogP contribution in [-0.2, 0) is 0 Å². The molecule has 0 aliphatic rings. The Morgan fingerprint density at radius 3 is 2.14 bits per heavy atom. The van der Waals surface area contributed by atoms with Gasteiger partial charge in [0.2, 0.25) is 0 Å². The molecule has 0 amide bonds. The number of aromatic nitrogens is 1. The van der Waals surface area contributed by atoms with Crippen LogP contribution in [-0.4, -0.2) is 10.1 Å². The summed E-state index contributed by atoms with van der Waals surface area (Å²) in [4.78, 5) is 4.54. The fraction of sp³-hybridized carbons (Fsp3) is 0.105. The lowest BCUT2D eigenvalue weighted by Gasteiger charge is -2.15. The van der Waals surface area contributed by atoms with E-state index in [1.165, 1.54) is 0 Å². The highest BCUT2D eigenvalue weighted by Gasteiger charge is 2.13. The van der Waals surface area contributed by atoms with Gasteiger partial charge in [0.05, 0.1) is 0 Å². The van der Waals surface area contributed by atoms with Crippen molar-refractivity contribution in [1.82, 2.24) is 4.98 Å². The number of rotatable bonds is 4. The predicted octanol–water partition coefficient (Wildman–Crippen LogP) is 4.22. The molecule has 1 heterocycles. The van der Waals surface area contributed by atoms with Crippen LogP contribution in [0.25, 0.3) is 0 Å². The quantitative estimate of drug-likeness (QED) is 0.756. The van der Waals surface area contributed by atoms with Crippen molar-refractivity contribution in [3.05, 3.63) is 89.6 Å². The SMILES string of the molecule is Cc1nc(Nc2ccccc2)ccc1C(O)c1ccccc1. The Labute approximate surface area is 130 Å². The molecule has 3 aromatic rings. The molecule has 3 nitrogen and oxygen atoms in total. The molecular weight excluding hydrogens is 272 g/mol. The Bertz CT molecular complexity index is 742. The fourth-order valence-corrected chi connectivity index (χ4v) is 2.41. The molecule has 0 spiro atoms. The van der Waals surface area contributed by atoms with Gasteiger partial charge in [-0.2, -0.15) is 0 Å². The van der Waals surface area contributed by atoms with Gasteiger partial charge in [-0.15, -0.1) is 0 Å².